The van der Waals surface area contributed by atoms with Crippen LogP contribution in [0.5, 0.6) is 11.5 Å². The lowest BCUT2D eigenvalue weighted by Crippen LogP contribution is -2.71. The van der Waals surface area contributed by atoms with E-state index in [2.05, 4.69) is 0 Å². The van der Waals surface area contributed by atoms with Gasteiger partial charge in [-0.3, -0.25) is 9.59 Å². The van der Waals surface area contributed by atoms with Gasteiger partial charge in [-0.05, 0) is 73.3 Å². The SMILES string of the molecule is COC1C(OC2C(C)OC(O[C@H]3[C@@H](N(C)C)[C@H](O)[C@H]4Oc5c(ccc6c5C(=O)c5c(cc7c(c5O)C[C@@H](OC)[C@](C)(O)C7)C6=O)[C@]3(C)O4)CC2(C)N)OC(C)C(O)C1(C)O. The first-order chi connectivity index (χ1) is 28.0. The van der Waals surface area contributed by atoms with Crippen LogP contribution in [0.25, 0.3) is 0 Å². The van der Waals surface area contributed by atoms with Crippen molar-refractivity contribution in [1.29, 1.82) is 0 Å². The third-order valence-corrected chi connectivity index (χ3v) is 13.8. The second-order valence-electron chi connectivity index (χ2n) is 18.6. The number of aromatic hydroxyl groups is 1. The molecular formula is C43H58N2O15. The predicted octanol–water partition coefficient (Wildman–Crippen LogP) is 0.782. The molecule has 17 heteroatoms. The highest BCUT2D eigenvalue weighted by atomic mass is 16.8. The number of aliphatic hydroxyl groups is 4. The normalized spacial score (nSPS) is 43.5. The third kappa shape index (κ3) is 6.47. The molecule has 2 aromatic carbocycles. The van der Waals surface area contributed by atoms with Gasteiger partial charge in [-0.1, -0.05) is 6.07 Å². The van der Waals surface area contributed by atoms with Gasteiger partial charge in [0.05, 0.1) is 41.1 Å². The first-order valence-electron chi connectivity index (χ1n) is 20.4. The maximum atomic E-state index is 14.7. The minimum Gasteiger partial charge on any atom is -0.507 e. The number of methoxy groups -OCH3 is 2. The van der Waals surface area contributed by atoms with Crippen molar-refractivity contribution in [2.45, 2.75) is 157 Å². The van der Waals surface area contributed by atoms with Crippen molar-refractivity contribution in [2.75, 3.05) is 28.3 Å². The fourth-order valence-corrected chi connectivity index (χ4v) is 10.6. The number of carbonyl (C=O) groups excluding carboxylic acids is 2. The number of benzene rings is 2. The molecule has 2 aromatic rings. The molecule has 0 radical (unpaired) electrons. The second kappa shape index (κ2) is 14.7. The van der Waals surface area contributed by atoms with E-state index in [-0.39, 0.29) is 53.0 Å². The summed E-state index contributed by atoms with van der Waals surface area (Å²) < 4.78 is 49.6. The molecule has 0 spiro atoms. The molecule has 7 N–H and O–H groups in total. The van der Waals surface area contributed by atoms with Crippen LogP contribution in [0, 0.1) is 0 Å². The molecule has 0 aromatic heterocycles. The van der Waals surface area contributed by atoms with Crippen molar-refractivity contribution in [3.05, 3.63) is 57.1 Å². The molecule has 4 heterocycles. The van der Waals surface area contributed by atoms with E-state index in [0.29, 0.717) is 16.7 Å². The Morgan fingerprint density at radius 3 is 2.22 bits per heavy atom. The highest BCUT2D eigenvalue weighted by Gasteiger charge is 2.62. The van der Waals surface area contributed by atoms with E-state index in [1.807, 2.05) is 0 Å². The van der Waals surface area contributed by atoms with Crippen molar-refractivity contribution in [3.63, 3.8) is 0 Å². The molecule has 9 unspecified atom stereocenters. The number of rotatable bonds is 7. The van der Waals surface area contributed by atoms with Gasteiger partial charge in [0.25, 0.3) is 0 Å². The van der Waals surface area contributed by atoms with Gasteiger partial charge >= 0.3 is 0 Å². The molecule has 330 valence electrons. The molecule has 3 fully saturated rings. The summed E-state index contributed by atoms with van der Waals surface area (Å²) in [5.41, 5.74) is 2.67. The third-order valence-electron chi connectivity index (χ3n) is 13.8. The van der Waals surface area contributed by atoms with Gasteiger partial charge in [0.1, 0.15) is 53.2 Å². The number of nitrogens with two attached hydrogens (primary N) is 1. The Kier molecular flexibility index (Phi) is 10.7. The van der Waals surface area contributed by atoms with E-state index in [1.54, 1.807) is 65.7 Å². The average molecular weight is 843 g/mol. The number of aliphatic hydroxyl groups excluding tert-OH is 2. The Labute approximate surface area is 348 Å². The highest BCUT2D eigenvalue weighted by Crippen LogP contribution is 2.53. The van der Waals surface area contributed by atoms with Gasteiger partial charge < -0.3 is 74.1 Å². The quantitative estimate of drug-likeness (QED) is 0.193. The van der Waals surface area contributed by atoms with Gasteiger partial charge in [0, 0.05) is 61.3 Å². The van der Waals surface area contributed by atoms with E-state index in [0.717, 1.165) is 0 Å². The van der Waals surface area contributed by atoms with Gasteiger partial charge in [0.15, 0.2) is 18.4 Å². The minimum atomic E-state index is -1.69. The highest BCUT2D eigenvalue weighted by molar-refractivity contribution is 6.30. The molecule has 60 heavy (non-hydrogen) atoms. The zero-order valence-corrected chi connectivity index (χ0v) is 35.6. The minimum absolute atomic E-state index is 0.0173. The lowest BCUT2D eigenvalue weighted by molar-refractivity contribution is -0.370. The summed E-state index contributed by atoms with van der Waals surface area (Å²) in [4.78, 5) is 30.7. The number of hydrogen-bond acceptors (Lipinski definition) is 17. The summed E-state index contributed by atoms with van der Waals surface area (Å²) in [6.45, 7) is 10.0. The standard InChI is InChI=1S/C43H58N2O15/c1-17-34(50)42(5,52)37(54-10)39(56-17)59-35-18(2)55-25(16-40(35,3)44)57-36-28(45(7)8)32(49)38-58-33-23(43(36,6)60-38)12-11-20-27(33)31(48)26-22(29(20)46)13-19-15-41(4,51)24(53-9)14-21(19)30(26)47/h11-13,17-18,24-25,28,32,34-39,47,49-52H,14-16,44H2,1-10H3/t17?,18?,24-,25?,28+,32+,34?,35?,36+,37?,38+,39?,40?,41-,42?,43+/m1/s1. The summed E-state index contributed by atoms with van der Waals surface area (Å²) in [6.07, 6.45) is -10.6. The smallest absolute Gasteiger partial charge is 0.228 e. The van der Waals surface area contributed by atoms with Crippen LogP contribution in [-0.4, -0.2) is 161 Å². The van der Waals surface area contributed by atoms with E-state index < -0.39 is 108 Å². The zero-order valence-electron chi connectivity index (χ0n) is 35.6. The Balaban J connectivity index is 1.12. The van der Waals surface area contributed by atoms with Crippen LogP contribution >= 0.6 is 0 Å². The average Bonchev–Trinajstić information content (AvgIpc) is 3.15. The Morgan fingerprint density at radius 1 is 0.883 bits per heavy atom. The van der Waals surface area contributed by atoms with Gasteiger partial charge in [-0.15, -0.1) is 0 Å². The Morgan fingerprint density at radius 2 is 1.58 bits per heavy atom. The van der Waals surface area contributed by atoms with Crippen LogP contribution in [0.15, 0.2) is 18.2 Å². The largest absolute Gasteiger partial charge is 0.507 e. The summed E-state index contributed by atoms with van der Waals surface area (Å²) in [7, 11) is 6.41. The van der Waals surface area contributed by atoms with E-state index >= 15 is 0 Å². The lowest BCUT2D eigenvalue weighted by atomic mass is 9.72. The van der Waals surface area contributed by atoms with Crippen molar-refractivity contribution in [2.24, 2.45) is 5.73 Å². The van der Waals surface area contributed by atoms with Crippen LogP contribution < -0.4 is 10.5 Å². The van der Waals surface area contributed by atoms with Crippen LogP contribution in [0.2, 0.25) is 0 Å². The van der Waals surface area contributed by atoms with Crippen molar-refractivity contribution >= 4 is 11.6 Å². The number of ketones is 2. The molecule has 16 atom stereocenters. The second-order valence-corrected chi connectivity index (χ2v) is 18.6. The van der Waals surface area contributed by atoms with E-state index in [9.17, 15) is 35.1 Å². The number of phenolic OH excluding ortho intramolecular Hbond substituents is 1. The first kappa shape index (κ1) is 43.5. The predicted molar refractivity (Wildman–Crippen MR) is 210 cm³/mol. The Hall–Kier alpha value is -3.14. The molecule has 3 saturated heterocycles. The first-order valence-corrected chi connectivity index (χ1v) is 20.4. The molecule has 2 bridgehead atoms. The van der Waals surface area contributed by atoms with Crippen molar-refractivity contribution < 1.29 is 73.0 Å². The summed E-state index contributed by atoms with van der Waals surface area (Å²) in [6, 6.07) is 4.01. The lowest BCUT2D eigenvalue weighted by Gasteiger charge is -2.56. The number of ether oxygens (including phenoxy) is 8. The number of carbonyl (C=O) groups is 2. The fourth-order valence-electron chi connectivity index (χ4n) is 10.6. The van der Waals surface area contributed by atoms with Gasteiger partial charge in [-0.2, -0.15) is 0 Å². The molecule has 2 aliphatic carbocycles. The van der Waals surface area contributed by atoms with Crippen LogP contribution in [0.4, 0.5) is 0 Å². The molecule has 0 amide bonds. The fraction of sp³-hybridized carbons (Fsp3) is 0.674. The molecular weight excluding hydrogens is 784 g/mol. The van der Waals surface area contributed by atoms with E-state index in [4.69, 9.17) is 43.6 Å². The summed E-state index contributed by atoms with van der Waals surface area (Å²) in [5.74, 6) is -1.47. The monoisotopic (exact) mass is 842 g/mol. The number of phenols is 1. The van der Waals surface area contributed by atoms with Crippen molar-refractivity contribution in [3.8, 4) is 11.5 Å². The van der Waals surface area contributed by atoms with Crippen LogP contribution in [0.3, 0.4) is 0 Å². The maximum Gasteiger partial charge on any atom is 0.228 e. The number of fused-ring (bicyclic) bond motifs is 8. The van der Waals surface area contributed by atoms with Crippen LogP contribution in [-0.2, 0) is 51.6 Å². The summed E-state index contributed by atoms with van der Waals surface area (Å²) >= 11 is 0. The van der Waals surface area contributed by atoms with Crippen molar-refractivity contribution in [1.82, 2.24) is 4.90 Å². The number of hydrogen-bond donors (Lipinski definition) is 6. The molecule has 6 aliphatic rings. The van der Waals surface area contributed by atoms with Gasteiger partial charge in [-0.25, -0.2) is 0 Å². The maximum absolute atomic E-state index is 14.7. The molecule has 0 saturated carbocycles. The number of likely N-dealkylation sites (N-methyl/N-ethyl adjacent to an activating group) is 1. The molecule has 8 rings (SSSR count). The number of nitrogens with zero attached hydrogens (tertiary/aromatic N) is 1. The molecule has 17 nitrogen and oxygen atoms in total. The van der Waals surface area contributed by atoms with Crippen LogP contribution in [0.1, 0.15) is 96.5 Å². The van der Waals surface area contributed by atoms with Gasteiger partial charge in [0.2, 0.25) is 12.1 Å². The summed E-state index contributed by atoms with van der Waals surface area (Å²) in [5, 5.41) is 56.5. The Bertz CT molecular complexity index is 2070. The van der Waals surface area contributed by atoms with E-state index in [1.165, 1.54) is 27.2 Å². The zero-order chi connectivity index (χ0) is 43.8. The topological polar surface area (TPSA) is 238 Å². The molecule has 4 aliphatic heterocycles.